The van der Waals surface area contributed by atoms with Crippen molar-refractivity contribution < 1.29 is 9.90 Å². The maximum Gasteiger partial charge on any atom is 0.248 e. The summed E-state index contributed by atoms with van der Waals surface area (Å²) in [5.74, 6) is 0.243. The van der Waals surface area contributed by atoms with E-state index in [1.165, 1.54) is 0 Å². The first-order valence-corrected chi connectivity index (χ1v) is 8.69. The number of anilines is 1. The second-order valence-electron chi connectivity index (χ2n) is 6.43. The van der Waals surface area contributed by atoms with Gasteiger partial charge in [0, 0.05) is 10.7 Å². The van der Waals surface area contributed by atoms with Crippen molar-refractivity contribution in [2.24, 2.45) is 0 Å². The third-order valence-electron chi connectivity index (χ3n) is 4.48. The highest BCUT2D eigenvalue weighted by atomic mass is 35.5. The Labute approximate surface area is 151 Å². The molecule has 0 radical (unpaired) electrons. The van der Waals surface area contributed by atoms with Crippen LogP contribution in [0.2, 0.25) is 5.02 Å². The lowest BCUT2D eigenvalue weighted by Crippen LogP contribution is -2.56. The highest BCUT2D eigenvalue weighted by Crippen LogP contribution is 2.46. The molecule has 1 aliphatic rings. The van der Waals surface area contributed by atoms with Crippen LogP contribution in [0.4, 0.5) is 5.69 Å². The van der Waals surface area contributed by atoms with Gasteiger partial charge in [0.25, 0.3) is 0 Å². The van der Waals surface area contributed by atoms with E-state index < -0.39 is 5.38 Å². The van der Waals surface area contributed by atoms with Crippen LogP contribution in [-0.2, 0) is 4.79 Å². The van der Waals surface area contributed by atoms with Gasteiger partial charge < -0.3 is 10.0 Å². The molecule has 0 aliphatic carbocycles. The third kappa shape index (κ3) is 2.66. The van der Waals surface area contributed by atoms with Gasteiger partial charge in [-0.25, -0.2) is 0 Å². The molecule has 2 aromatic carbocycles. The number of phenolic OH excluding ortho intramolecular Hbond substituents is 1. The fourth-order valence-electron chi connectivity index (χ4n) is 3.15. The highest BCUT2D eigenvalue weighted by Gasteiger charge is 2.49. The van der Waals surface area contributed by atoms with E-state index >= 15 is 0 Å². The van der Waals surface area contributed by atoms with Gasteiger partial charge >= 0.3 is 0 Å². The Kier molecular flexibility index (Phi) is 4.50. The molecule has 3 nitrogen and oxygen atoms in total. The molecule has 1 amide bonds. The van der Waals surface area contributed by atoms with Crippen molar-refractivity contribution >= 4 is 34.8 Å². The topological polar surface area (TPSA) is 40.5 Å². The minimum atomic E-state index is -0.638. The van der Waals surface area contributed by atoms with Crippen LogP contribution in [0.3, 0.4) is 0 Å². The quantitative estimate of drug-likeness (QED) is 0.603. The first-order valence-electron chi connectivity index (χ1n) is 7.88. The lowest BCUT2D eigenvalue weighted by atomic mass is 9.90. The summed E-state index contributed by atoms with van der Waals surface area (Å²) in [4.78, 5) is 14.1. The summed E-state index contributed by atoms with van der Waals surface area (Å²) in [6.07, 6.45) is 0. The normalized spacial score (nSPS) is 20.4. The number of rotatable bonds is 3. The maximum absolute atomic E-state index is 12.5. The summed E-state index contributed by atoms with van der Waals surface area (Å²) in [6, 6.07) is 10.7. The van der Waals surface area contributed by atoms with Crippen molar-refractivity contribution in [1.29, 1.82) is 0 Å². The number of halogens is 2. The van der Waals surface area contributed by atoms with Crippen LogP contribution in [0.15, 0.2) is 36.4 Å². The Morgan fingerprint density at radius 3 is 2.50 bits per heavy atom. The van der Waals surface area contributed by atoms with Gasteiger partial charge in [0.1, 0.15) is 11.1 Å². The number of carbonyl (C=O) groups excluding carboxylic acids is 1. The van der Waals surface area contributed by atoms with E-state index in [9.17, 15) is 9.90 Å². The zero-order valence-electron chi connectivity index (χ0n) is 13.8. The molecule has 0 saturated carbocycles. The number of hydrogen-bond donors (Lipinski definition) is 1. The van der Waals surface area contributed by atoms with E-state index in [0.717, 1.165) is 22.4 Å². The maximum atomic E-state index is 12.5. The number of amides is 1. The molecular formula is C19H19Cl2NO2. The molecule has 1 fully saturated rings. The number of aromatic hydroxyl groups is 1. The van der Waals surface area contributed by atoms with Crippen LogP contribution >= 0.6 is 23.2 Å². The van der Waals surface area contributed by atoms with Crippen LogP contribution in [0.25, 0.3) is 0 Å². The zero-order valence-corrected chi connectivity index (χ0v) is 15.3. The molecule has 0 spiro atoms. The lowest BCUT2D eigenvalue weighted by molar-refractivity contribution is -0.123. The van der Waals surface area contributed by atoms with E-state index in [2.05, 4.69) is 0 Å². The molecule has 3 rings (SSSR count). The summed E-state index contributed by atoms with van der Waals surface area (Å²) < 4.78 is 0. The minimum Gasteiger partial charge on any atom is -0.508 e. The van der Waals surface area contributed by atoms with Gasteiger partial charge in [-0.15, -0.1) is 11.6 Å². The van der Waals surface area contributed by atoms with Gasteiger partial charge in [-0.1, -0.05) is 43.6 Å². The van der Waals surface area contributed by atoms with Gasteiger partial charge in [0.05, 0.1) is 6.04 Å². The number of nitrogens with zero attached hydrogens (tertiary/aromatic N) is 1. The Morgan fingerprint density at radius 2 is 1.88 bits per heavy atom. The SMILES string of the molecule is Cc1cc(O)c(C(C)C)cc1N1C(=O)C(Cl)C1c1ccccc1Cl. The standard InChI is InChI=1S/C19H19Cl2NO2/c1-10(2)13-9-15(11(3)8-16(13)23)22-18(17(21)19(22)24)12-6-4-5-7-14(12)20/h4-10,17-18,23H,1-3H3. The number of benzene rings is 2. The molecule has 5 heteroatoms. The monoisotopic (exact) mass is 363 g/mol. The smallest absolute Gasteiger partial charge is 0.248 e. The Morgan fingerprint density at radius 1 is 1.21 bits per heavy atom. The number of carbonyl (C=O) groups is 1. The summed E-state index contributed by atoms with van der Waals surface area (Å²) >= 11 is 12.6. The number of hydrogen-bond acceptors (Lipinski definition) is 2. The Balaban J connectivity index is 2.09. The minimum absolute atomic E-state index is 0.145. The summed E-state index contributed by atoms with van der Waals surface area (Å²) in [5, 5.41) is 10.1. The third-order valence-corrected chi connectivity index (χ3v) is 5.25. The number of alkyl halides is 1. The fraction of sp³-hybridized carbons (Fsp3) is 0.316. The van der Waals surface area contributed by atoms with E-state index in [1.807, 2.05) is 45.0 Å². The lowest BCUT2D eigenvalue weighted by Gasteiger charge is -2.45. The second kappa shape index (κ2) is 6.30. The molecule has 1 heterocycles. The van der Waals surface area contributed by atoms with E-state index in [0.29, 0.717) is 5.02 Å². The van der Waals surface area contributed by atoms with Crippen molar-refractivity contribution in [2.45, 2.75) is 38.1 Å². The zero-order chi connectivity index (χ0) is 17.6. The molecule has 0 bridgehead atoms. The fourth-order valence-corrected chi connectivity index (χ4v) is 3.75. The predicted molar refractivity (Wildman–Crippen MR) is 98.3 cm³/mol. The van der Waals surface area contributed by atoms with Crippen LogP contribution in [-0.4, -0.2) is 16.4 Å². The molecule has 1 N–H and O–H groups in total. The Bertz CT molecular complexity index is 804. The van der Waals surface area contributed by atoms with E-state index in [4.69, 9.17) is 23.2 Å². The van der Waals surface area contributed by atoms with E-state index in [1.54, 1.807) is 17.0 Å². The number of aryl methyl sites for hydroxylation is 1. The molecular weight excluding hydrogens is 345 g/mol. The van der Waals surface area contributed by atoms with Gasteiger partial charge in [-0.2, -0.15) is 0 Å². The first-order chi connectivity index (χ1) is 11.3. The molecule has 1 aliphatic heterocycles. The Hall–Kier alpha value is -1.71. The molecule has 0 aromatic heterocycles. The van der Waals surface area contributed by atoms with Crippen LogP contribution in [0.1, 0.15) is 42.5 Å². The van der Waals surface area contributed by atoms with Crippen LogP contribution in [0.5, 0.6) is 5.75 Å². The highest BCUT2D eigenvalue weighted by molar-refractivity contribution is 6.38. The summed E-state index contributed by atoms with van der Waals surface area (Å²) in [7, 11) is 0. The predicted octanol–water partition coefficient (Wildman–Crippen LogP) is 5.17. The van der Waals surface area contributed by atoms with Crippen molar-refractivity contribution in [2.75, 3.05) is 4.90 Å². The average Bonchev–Trinajstić information content (AvgIpc) is 2.53. The van der Waals surface area contributed by atoms with Crippen molar-refractivity contribution in [3.05, 3.63) is 58.1 Å². The van der Waals surface area contributed by atoms with Gasteiger partial charge in [-0.3, -0.25) is 4.79 Å². The van der Waals surface area contributed by atoms with Crippen LogP contribution in [0, 0.1) is 6.92 Å². The molecule has 126 valence electrons. The molecule has 2 aromatic rings. The number of β-lactam (4-membered cyclic amide) rings is 1. The molecule has 1 saturated heterocycles. The average molecular weight is 364 g/mol. The van der Waals surface area contributed by atoms with Gasteiger partial charge in [0.15, 0.2) is 0 Å². The number of phenols is 1. The van der Waals surface area contributed by atoms with Crippen LogP contribution < -0.4 is 4.90 Å². The molecule has 24 heavy (non-hydrogen) atoms. The first kappa shape index (κ1) is 17.1. The largest absolute Gasteiger partial charge is 0.508 e. The van der Waals surface area contributed by atoms with E-state index in [-0.39, 0.29) is 23.6 Å². The van der Waals surface area contributed by atoms with Gasteiger partial charge in [0.2, 0.25) is 5.91 Å². The summed E-state index contributed by atoms with van der Waals surface area (Å²) in [5.41, 5.74) is 3.23. The van der Waals surface area contributed by atoms with Crippen molar-refractivity contribution in [1.82, 2.24) is 0 Å². The van der Waals surface area contributed by atoms with Crippen molar-refractivity contribution in [3.63, 3.8) is 0 Å². The van der Waals surface area contributed by atoms with Crippen molar-refractivity contribution in [3.8, 4) is 5.75 Å². The second-order valence-corrected chi connectivity index (χ2v) is 7.31. The molecule has 2 atom stereocenters. The van der Waals surface area contributed by atoms with Gasteiger partial charge in [-0.05, 0) is 47.7 Å². The summed E-state index contributed by atoms with van der Waals surface area (Å²) in [6.45, 7) is 5.88. The molecule has 2 unspecified atom stereocenters.